The highest BCUT2D eigenvalue weighted by Crippen LogP contribution is 2.43. The van der Waals surface area contributed by atoms with E-state index in [1.807, 2.05) is 52.9 Å². The first-order valence-electron chi connectivity index (χ1n) is 52.4. The van der Waals surface area contributed by atoms with Crippen molar-refractivity contribution in [1.29, 1.82) is 0 Å². The standard InChI is InChI=1S/C29H40N6O5S2.C26H35N5O4S2.C25H32N8S2.C25H35N7OS/c1-29(2,3)40-28(36)35-13-11-33(12-14-35)17-22-18-41-25-23(31-27(32-24(22)25)34-9-7-6-8-10-34)20-15-21(19-42(5,37)38)26(39-4)30-16-20;1-17-12-30(13-18(2)35-17)14-21-15-36-24-22(28-26(29-23(21)24)31-8-6-5-7-9-31)19-10-20(16-37(4,32)33)25(34-3)27-11-19;1-17-14-33(19(3)27-17)23-22-21(28-24(29-23)31-7-5-4-6-8-31)20(16-34-22)15-30-9-11-32(12-10-30)25-26-13-18(2)35-25;1-18-13-32(19(2)26-18)24-23-22(27-25(28-24)31-8-4-3-5-9-31)20(17-34-23)14-29-7-6-10-30(12-11-29)21-15-33-16-21/h15-16,18H,6-14,17,19H2,1-5H3;10-11,15,17-18H,5-9,12-14,16H2,1-4H3;13-14,16H,4-12,15H2,1-3H3;13,17,21H,3-12,14-16H2,1-2H3/t;17-,18+;;. The molecule has 2 atom stereocenters. The van der Waals surface area contributed by atoms with Crippen molar-refractivity contribution in [3.05, 3.63) is 126 Å². The molecule has 9 fully saturated rings. The minimum atomic E-state index is -3.30. The summed E-state index contributed by atoms with van der Waals surface area (Å²) >= 11 is 8.54. The maximum absolute atomic E-state index is 12.5. The van der Waals surface area contributed by atoms with Gasteiger partial charge in [0.25, 0.3) is 0 Å². The Labute approximate surface area is 888 Å². The van der Waals surface area contributed by atoms with Crippen LogP contribution >= 0.6 is 56.7 Å². The molecular formula is C105H142N26O10S7. The highest BCUT2D eigenvalue weighted by molar-refractivity contribution is 7.90. The van der Waals surface area contributed by atoms with Crippen LogP contribution in [-0.2, 0) is 71.6 Å². The summed E-state index contributed by atoms with van der Waals surface area (Å²) in [6, 6.07) is 4.30. The number of thiazole rings is 1. The second-order valence-corrected chi connectivity index (χ2v) is 51.0. The summed E-state index contributed by atoms with van der Waals surface area (Å²) in [4.78, 5) is 103. The molecule has 43 heteroatoms. The molecule has 0 saturated carbocycles. The average molecular weight is 2150 g/mol. The van der Waals surface area contributed by atoms with Crippen LogP contribution in [0.4, 0.5) is 33.7 Å². The van der Waals surface area contributed by atoms with Crippen molar-refractivity contribution in [3.8, 4) is 45.9 Å². The van der Waals surface area contributed by atoms with Crippen LogP contribution in [0.1, 0.15) is 179 Å². The number of thiophene rings is 4. The predicted octanol–water partition coefficient (Wildman–Crippen LogP) is 16.2. The van der Waals surface area contributed by atoms with Crippen molar-refractivity contribution in [1.82, 2.24) is 103 Å². The molecule has 9 aliphatic heterocycles. The number of amides is 1. The summed E-state index contributed by atoms with van der Waals surface area (Å²) in [5.41, 5.74) is 14.6. The van der Waals surface area contributed by atoms with Crippen molar-refractivity contribution in [2.45, 2.75) is 214 Å². The lowest BCUT2D eigenvalue weighted by Gasteiger charge is -2.36. The lowest BCUT2D eigenvalue weighted by atomic mass is 10.1. The zero-order valence-electron chi connectivity index (χ0n) is 88.1. The van der Waals surface area contributed by atoms with E-state index >= 15 is 0 Å². The molecule has 0 radical (unpaired) electrons. The number of nitrogens with zero attached hydrogens (tertiary/aromatic N) is 26. The zero-order chi connectivity index (χ0) is 103. The highest BCUT2D eigenvalue weighted by atomic mass is 32.2. The summed E-state index contributed by atoms with van der Waals surface area (Å²) in [5.74, 6) is 7.34. The number of aromatic nitrogens is 15. The number of sulfone groups is 2. The van der Waals surface area contributed by atoms with E-state index in [0.29, 0.717) is 54.5 Å². The topological polar surface area (TPSA) is 345 Å². The van der Waals surface area contributed by atoms with E-state index in [1.54, 1.807) is 74.0 Å². The SMILES string of the molecule is COc1ncc(-c2nc(N3CCCCC3)nc3c(CN4CCN(C(=O)OC(C)(C)C)CC4)csc23)cc1CS(C)(=O)=O.COc1ncc(-c2nc(N3CCCCC3)nc3c(CN4C[C@@H](C)O[C@@H](C)C4)csc23)cc1CS(C)(=O)=O.Cc1cn(-c2nc(N3CCCCC3)nc3c(CN4CCCN(C5COC5)CC4)csc23)c(C)n1.Cc1cn(-c2nc(N3CCCCC3)nc3c(CN4CCN(c5ncc(C)s5)CC4)csc23)c(C)n1. The Kier molecular flexibility index (Phi) is 33.9. The Hall–Kier alpha value is -10.0. The second kappa shape index (κ2) is 47.1. The molecule has 22 rings (SSSR count). The molecule has 0 bridgehead atoms. The van der Waals surface area contributed by atoms with E-state index < -0.39 is 25.3 Å². The number of imidazole rings is 2. The summed E-state index contributed by atoms with van der Waals surface area (Å²) in [6.07, 6.45) is 27.6. The molecule has 22 heterocycles. The van der Waals surface area contributed by atoms with Gasteiger partial charge < -0.3 is 53.1 Å². The molecule has 0 unspecified atom stereocenters. The van der Waals surface area contributed by atoms with Gasteiger partial charge in [-0.1, -0.05) is 0 Å². The average Bonchev–Trinajstić information content (AvgIpc) is 1.61. The van der Waals surface area contributed by atoms with Gasteiger partial charge in [-0.2, -0.15) is 9.97 Å². The number of fused-ring (bicyclic) bond motifs is 4. The fourth-order valence-corrected chi connectivity index (χ4v) is 27.6. The van der Waals surface area contributed by atoms with Crippen molar-refractivity contribution in [3.63, 3.8) is 0 Å². The number of ether oxygens (including phenoxy) is 5. The van der Waals surface area contributed by atoms with Gasteiger partial charge in [-0.15, -0.1) is 56.7 Å². The Morgan fingerprint density at radius 3 is 1.18 bits per heavy atom. The highest BCUT2D eigenvalue weighted by Gasteiger charge is 2.35. The molecule has 0 N–H and O–H groups in total. The molecule has 0 aliphatic carbocycles. The molecule has 36 nitrogen and oxygen atoms in total. The first kappa shape index (κ1) is 106. The van der Waals surface area contributed by atoms with Crippen molar-refractivity contribution >= 4 is 152 Å². The first-order valence-corrected chi connectivity index (χ1v) is 60.9. The first-order chi connectivity index (χ1) is 71.3. The third-order valence-electron chi connectivity index (χ3n) is 28.6. The van der Waals surface area contributed by atoms with Gasteiger partial charge in [0.15, 0.2) is 36.4 Å². The number of hydrogen-bond donors (Lipinski definition) is 0. The summed E-state index contributed by atoms with van der Waals surface area (Å²) < 4.78 is 84.7. The third-order valence-corrected chi connectivity index (χ3v) is 35.3. The van der Waals surface area contributed by atoms with E-state index in [1.165, 1.54) is 117 Å². The van der Waals surface area contributed by atoms with E-state index in [-0.39, 0.29) is 29.8 Å². The minimum Gasteiger partial charge on any atom is -0.481 e. The number of aryl methyl sites for hydroxylation is 5. The van der Waals surface area contributed by atoms with Gasteiger partial charge in [-0.05, 0) is 199 Å². The fourth-order valence-electron chi connectivity index (χ4n) is 21.3. The van der Waals surface area contributed by atoms with Gasteiger partial charge in [0.2, 0.25) is 35.6 Å². The molecule has 9 aliphatic rings. The van der Waals surface area contributed by atoms with Crippen LogP contribution in [-0.4, -0.2) is 334 Å². The Morgan fingerprint density at radius 2 is 0.804 bits per heavy atom. The number of piperazine rings is 2. The molecule has 1 amide bonds. The van der Waals surface area contributed by atoms with Crippen LogP contribution in [0.25, 0.3) is 75.0 Å². The molecule has 148 heavy (non-hydrogen) atoms. The number of carbonyl (C=O) groups excluding carboxylic acids is 1. The van der Waals surface area contributed by atoms with Gasteiger partial charge in [0.05, 0.1) is 121 Å². The van der Waals surface area contributed by atoms with Crippen molar-refractivity contribution < 1.29 is 45.3 Å². The lowest BCUT2D eigenvalue weighted by Crippen LogP contribution is -2.50. The number of piperidine rings is 4. The Balaban J connectivity index is 0.000000124. The molecular weight excluding hydrogens is 2010 g/mol. The quantitative estimate of drug-likeness (QED) is 0.0542. The van der Waals surface area contributed by atoms with E-state index in [9.17, 15) is 21.6 Å². The van der Waals surface area contributed by atoms with E-state index in [4.69, 9.17) is 63.6 Å². The number of hydrogen-bond acceptors (Lipinski definition) is 38. The van der Waals surface area contributed by atoms with Gasteiger partial charge in [-0.25, -0.2) is 76.5 Å². The lowest BCUT2D eigenvalue weighted by molar-refractivity contribution is -0.0703. The molecule has 13 aromatic rings. The maximum Gasteiger partial charge on any atom is 0.410 e. The maximum atomic E-state index is 12.5. The zero-order valence-corrected chi connectivity index (χ0v) is 93.8. The summed E-state index contributed by atoms with van der Waals surface area (Å²) in [5, 5.41) is 10.1. The third kappa shape index (κ3) is 26.0. The van der Waals surface area contributed by atoms with Crippen molar-refractivity contribution in [2.75, 3.05) is 208 Å². The number of morpholine rings is 1. The van der Waals surface area contributed by atoms with Gasteiger partial charge in [0.1, 0.15) is 17.2 Å². The van der Waals surface area contributed by atoms with Gasteiger partial charge in [0, 0.05) is 250 Å². The summed E-state index contributed by atoms with van der Waals surface area (Å²) in [6.45, 7) is 46.3. The van der Waals surface area contributed by atoms with Crippen molar-refractivity contribution in [2.24, 2.45) is 0 Å². The molecule has 0 aromatic carbocycles. The predicted molar refractivity (Wildman–Crippen MR) is 593 cm³/mol. The monoisotopic (exact) mass is 2150 g/mol. The van der Waals surface area contributed by atoms with Gasteiger partial charge >= 0.3 is 6.09 Å². The second-order valence-electron chi connectivity index (χ2n) is 42.0. The van der Waals surface area contributed by atoms with Crippen LogP contribution in [0.5, 0.6) is 11.8 Å². The molecule has 9 saturated heterocycles. The fraction of sp³-hybridized carbons (Fsp3) is 0.581. The largest absolute Gasteiger partial charge is 0.481 e. The van der Waals surface area contributed by atoms with Crippen LogP contribution in [0.2, 0.25) is 0 Å². The smallest absolute Gasteiger partial charge is 0.410 e. The number of pyridine rings is 2. The Morgan fingerprint density at radius 1 is 0.419 bits per heavy atom. The number of carbonyl (C=O) groups is 1. The van der Waals surface area contributed by atoms with E-state index in [0.717, 1.165) is 305 Å². The summed E-state index contributed by atoms with van der Waals surface area (Å²) in [7, 11) is -3.58. The normalized spacial score (nSPS) is 19.2. The molecule has 13 aromatic heterocycles. The van der Waals surface area contributed by atoms with Gasteiger partial charge in [-0.3, -0.25) is 33.6 Å². The molecule has 794 valence electrons. The van der Waals surface area contributed by atoms with Crippen LogP contribution in [0.15, 0.2) is 64.6 Å². The van der Waals surface area contributed by atoms with Crippen LogP contribution in [0, 0.1) is 34.6 Å². The van der Waals surface area contributed by atoms with Crippen LogP contribution < -0.4 is 34.0 Å². The van der Waals surface area contributed by atoms with E-state index in [2.05, 4.69) is 152 Å². The number of methoxy groups -OCH3 is 2. The number of anilines is 5. The number of rotatable bonds is 24. The van der Waals surface area contributed by atoms with Crippen LogP contribution in [0.3, 0.4) is 0 Å². The minimum absolute atomic E-state index is 0.146. The Bertz CT molecular complexity index is 7020. The molecule has 0 spiro atoms.